The van der Waals surface area contributed by atoms with Crippen LogP contribution in [0.15, 0.2) is 53.5 Å². The van der Waals surface area contributed by atoms with Gasteiger partial charge >= 0.3 is 0 Å². The fourth-order valence-electron chi connectivity index (χ4n) is 2.30. The SMILES string of the molecule is COc1ccc(F)cc1CSCc1cc(=O)n2ccccc2n1. The van der Waals surface area contributed by atoms with Gasteiger partial charge in [-0.3, -0.25) is 9.20 Å². The summed E-state index contributed by atoms with van der Waals surface area (Å²) in [5.41, 5.74) is 2.02. The summed E-state index contributed by atoms with van der Waals surface area (Å²) in [4.78, 5) is 16.5. The Balaban J connectivity index is 1.74. The van der Waals surface area contributed by atoms with Gasteiger partial charge in [0, 0.05) is 29.3 Å². The highest BCUT2D eigenvalue weighted by Gasteiger charge is 2.06. The number of methoxy groups -OCH3 is 1. The first-order chi connectivity index (χ1) is 11.2. The predicted molar refractivity (Wildman–Crippen MR) is 89.4 cm³/mol. The molecule has 0 N–H and O–H groups in total. The topological polar surface area (TPSA) is 43.6 Å². The van der Waals surface area contributed by atoms with Crippen molar-refractivity contribution >= 4 is 17.4 Å². The summed E-state index contributed by atoms with van der Waals surface area (Å²) in [6.07, 6.45) is 1.69. The van der Waals surface area contributed by atoms with Gasteiger partial charge in [0.05, 0.1) is 12.8 Å². The van der Waals surface area contributed by atoms with Crippen molar-refractivity contribution in [3.8, 4) is 5.75 Å². The molecule has 23 heavy (non-hydrogen) atoms. The smallest absolute Gasteiger partial charge is 0.258 e. The fraction of sp³-hybridized carbons (Fsp3) is 0.176. The molecule has 0 saturated carbocycles. The Morgan fingerprint density at radius 3 is 2.91 bits per heavy atom. The lowest BCUT2D eigenvalue weighted by Gasteiger charge is -2.08. The van der Waals surface area contributed by atoms with Crippen molar-refractivity contribution in [3.05, 3.63) is 76.1 Å². The maximum Gasteiger partial charge on any atom is 0.258 e. The fourth-order valence-corrected chi connectivity index (χ4v) is 3.21. The molecule has 6 heteroatoms. The van der Waals surface area contributed by atoms with E-state index in [0.29, 0.717) is 28.6 Å². The third kappa shape index (κ3) is 3.53. The van der Waals surface area contributed by atoms with Crippen LogP contribution in [0.1, 0.15) is 11.3 Å². The van der Waals surface area contributed by atoms with E-state index in [1.807, 2.05) is 6.07 Å². The number of pyridine rings is 1. The highest BCUT2D eigenvalue weighted by atomic mass is 32.2. The van der Waals surface area contributed by atoms with E-state index in [9.17, 15) is 9.18 Å². The monoisotopic (exact) mass is 330 g/mol. The number of thioether (sulfide) groups is 1. The van der Waals surface area contributed by atoms with Crippen LogP contribution in [0.2, 0.25) is 0 Å². The van der Waals surface area contributed by atoms with Gasteiger partial charge in [-0.25, -0.2) is 9.37 Å². The third-order valence-electron chi connectivity index (χ3n) is 3.37. The molecule has 0 amide bonds. The molecule has 0 aliphatic rings. The molecule has 0 radical (unpaired) electrons. The average molecular weight is 330 g/mol. The van der Waals surface area contributed by atoms with E-state index in [1.165, 1.54) is 22.6 Å². The first-order valence-corrected chi connectivity index (χ1v) is 8.20. The number of benzene rings is 1. The minimum Gasteiger partial charge on any atom is -0.496 e. The van der Waals surface area contributed by atoms with Gasteiger partial charge in [-0.05, 0) is 30.3 Å². The first kappa shape index (κ1) is 15.6. The molecule has 118 valence electrons. The van der Waals surface area contributed by atoms with Crippen molar-refractivity contribution in [3.63, 3.8) is 0 Å². The van der Waals surface area contributed by atoms with Gasteiger partial charge in [0.15, 0.2) is 0 Å². The van der Waals surface area contributed by atoms with Crippen molar-refractivity contribution in [2.45, 2.75) is 11.5 Å². The first-order valence-electron chi connectivity index (χ1n) is 7.05. The van der Waals surface area contributed by atoms with Crippen LogP contribution >= 0.6 is 11.8 Å². The number of halogens is 1. The molecule has 0 aliphatic carbocycles. The minimum atomic E-state index is -0.288. The Kier molecular flexibility index (Phi) is 4.62. The highest BCUT2D eigenvalue weighted by Crippen LogP contribution is 2.25. The number of rotatable bonds is 5. The maximum atomic E-state index is 13.3. The second-order valence-electron chi connectivity index (χ2n) is 4.96. The lowest BCUT2D eigenvalue weighted by molar-refractivity contribution is 0.410. The molecule has 0 spiro atoms. The molecule has 4 nitrogen and oxygen atoms in total. The number of aromatic nitrogens is 2. The van der Waals surface area contributed by atoms with Crippen LogP contribution < -0.4 is 10.3 Å². The molecule has 2 heterocycles. The van der Waals surface area contributed by atoms with Gasteiger partial charge in [0.2, 0.25) is 0 Å². The van der Waals surface area contributed by atoms with Crippen molar-refractivity contribution in [1.82, 2.24) is 9.38 Å². The minimum absolute atomic E-state index is 0.102. The molecule has 2 aromatic heterocycles. The Morgan fingerprint density at radius 1 is 1.22 bits per heavy atom. The molecule has 1 aromatic carbocycles. The van der Waals surface area contributed by atoms with Gasteiger partial charge < -0.3 is 4.74 Å². The molecule has 3 rings (SSSR count). The number of nitrogens with zero attached hydrogens (tertiary/aromatic N) is 2. The summed E-state index contributed by atoms with van der Waals surface area (Å²) >= 11 is 1.56. The van der Waals surface area contributed by atoms with E-state index in [2.05, 4.69) is 4.98 Å². The van der Waals surface area contributed by atoms with Crippen molar-refractivity contribution in [1.29, 1.82) is 0 Å². The van der Waals surface area contributed by atoms with Crippen molar-refractivity contribution < 1.29 is 9.13 Å². The summed E-state index contributed by atoms with van der Waals surface area (Å²) in [6, 6.07) is 11.4. The highest BCUT2D eigenvalue weighted by molar-refractivity contribution is 7.97. The van der Waals surface area contributed by atoms with Crippen LogP contribution in [0.5, 0.6) is 5.75 Å². The zero-order valence-corrected chi connectivity index (χ0v) is 13.3. The van der Waals surface area contributed by atoms with E-state index in [0.717, 1.165) is 5.56 Å². The lowest BCUT2D eigenvalue weighted by Crippen LogP contribution is -2.14. The quantitative estimate of drug-likeness (QED) is 0.720. The molecule has 0 aliphatic heterocycles. The largest absolute Gasteiger partial charge is 0.496 e. The Morgan fingerprint density at radius 2 is 2.09 bits per heavy atom. The van der Waals surface area contributed by atoms with Gasteiger partial charge in [0.25, 0.3) is 5.56 Å². The maximum absolute atomic E-state index is 13.3. The van der Waals surface area contributed by atoms with Crippen LogP contribution in [0.4, 0.5) is 4.39 Å². The molecule has 0 saturated heterocycles. The number of hydrogen-bond donors (Lipinski definition) is 0. The molecular formula is C17H15FN2O2S. The zero-order valence-electron chi connectivity index (χ0n) is 12.5. The van der Waals surface area contributed by atoms with Gasteiger partial charge in [0.1, 0.15) is 17.2 Å². The normalized spacial score (nSPS) is 10.9. The molecular weight excluding hydrogens is 315 g/mol. The molecule has 0 bridgehead atoms. The van der Waals surface area contributed by atoms with E-state index in [1.54, 1.807) is 43.3 Å². The standard InChI is InChI=1S/C17H15FN2O2S/c1-22-15-6-5-13(18)8-12(15)10-23-11-14-9-17(21)20-7-3-2-4-16(20)19-14/h2-9H,10-11H2,1H3. The average Bonchev–Trinajstić information content (AvgIpc) is 2.55. The Labute approximate surface area is 136 Å². The number of fused-ring (bicyclic) bond motifs is 1. The van der Waals surface area contributed by atoms with Crippen LogP contribution in [-0.2, 0) is 11.5 Å². The number of ether oxygens (including phenoxy) is 1. The lowest BCUT2D eigenvalue weighted by atomic mass is 10.2. The van der Waals surface area contributed by atoms with Crippen LogP contribution in [-0.4, -0.2) is 16.5 Å². The molecule has 3 aromatic rings. The van der Waals surface area contributed by atoms with E-state index < -0.39 is 0 Å². The predicted octanol–water partition coefficient (Wildman–Crippen LogP) is 3.28. The Hall–Kier alpha value is -2.34. The number of hydrogen-bond acceptors (Lipinski definition) is 4. The van der Waals surface area contributed by atoms with Gasteiger partial charge in [-0.15, -0.1) is 0 Å². The summed E-state index contributed by atoms with van der Waals surface area (Å²) in [5.74, 6) is 1.52. The van der Waals surface area contributed by atoms with Crippen LogP contribution in [0, 0.1) is 5.82 Å². The molecule has 0 atom stereocenters. The summed E-state index contributed by atoms with van der Waals surface area (Å²) in [7, 11) is 1.56. The molecule has 0 fully saturated rings. The van der Waals surface area contributed by atoms with Crippen molar-refractivity contribution in [2.24, 2.45) is 0 Å². The summed E-state index contributed by atoms with van der Waals surface area (Å²) in [6.45, 7) is 0. The van der Waals surface area contributed by atoms with Gasteiger partial charge in [-0.1, -0.05) is 6.07 Å². The van der Waals surface area contributed by atoms with Crippen LogP contribution in [0.3, 0.4) is 0 Å². The molecule has 0 unspecified atom stereocenters. The summed E-state index contributed by atoms with van der Waals surface area (Å²) in [5, 5.41) is 0. The van der Waals surface area contributed by atoms with Gasteiger partial charge in [-0.2, -0.15) is 11.8 Å². The van der Waals surface area contributed by atoms with Crippen LogP contribution in [0.25, 0.3) is 5.65 Å². The van der Waals surface area contributed by atoms with E-state index in [-0.39, 0.29) is 11.4 Å². The summed E-state index contributed by atoms with van der Waals surface area (Å²) < 4.78 is 20.1. The Bertz CT molecular complexity index is 895. The second-order valence-corrected chi connectivity index (χ2v) is 5.95. The second kappa shape index (κ2) is 6.83. The van der Waals surface area contributed by atoms with E-state index in [4.69, 9.17) is 4.74 Å². The van der Waals surface area contributed by atoms with Crippen molar-refractivity contribution in [2.75, 3.05) is 7.11 Å². The van der Waals surface area contributed by atoms with E-state index >= 15 is 0 Å². The zero-order chi connectivity index (χ0) is 16.2. The third-order valence-corrected chi connectivity index (χ3v) is 4.39.